The smallest absolute Gasteiger partial charge is 0.324 e. The van der Waals surface area contributed by atoms with Crippen molar-refractivity contribution in [1.29, 1.82) is 0 Å². The number of halogens is 1. The lowest BCUT2D eigenvalue weighted by Crippen LogP contribution is -2.38. The summed E-state index contributed by atoms with van der Waals surface area (Å²) in [5.74, 6) is 1.69. The quantitative estimate of drug-likeness (QED) is 0.454. The van der Waals surface area contributed by atoms with Gasteiger partial charge in [0.2, 0.25) is 0 Å². The van der Waals surface area contributed by atoms with Crippen molar-refractivity contribution >= 4 is 40.6 Å². The van der Waals surface area contributed by atoms with Gasteiger partial charge >= 0.3 is 6.03 Å². The van der Waals surface area contributed by atoms with E-state index in [-0.39, 0.29) is 0 Å². The summed E-state index contributed by atoms with van der Waals surface area (Å²) in [6.07, 6.45) is 1.37. The van der Waals surface area contributed by atoms with Crippen LogP contribution in [-0.2, 0) is 4.74 Å². The van der Waals surface area contributed by atoms with E-state index in [1.54, 1.807) is 30.3 Å². The van der Waals surface area contributed by atoms with Crippen LogP contribution in [-0.4, -0.2) is 60.4 Å². The van der Waals surface area contributed by atoms with Gasteiger partial charge in [-0.25, -0.2) is 14.8 Å². The van der Waals surface area contributed by atoms with E-state index < -0.39 is 6.03 Å². The number of nitrogens with zero attached hydrogens (tertiary/aromatic N) is 3. The summed E-state index contributed by atoms with van der Waals surface area (Å²) in [5.41, 5.74) is 1.34. The molecule has 1 fully saturated rings. The van der Waals surface area contributed by atoms with Crippen molar-refractivity contribution in [1.82, 2.24) is 14.9 Å². The summed E-state index contributed by atoms with van der Waals surface area (Å²) in [7, 11) is 0. The van der Waals surface area contributed by atoms with Crippen molar-refractivity contribution in [3.05, 3.63) is 65.9 Å². The van der Waals surface area contributed by atoms with Crippen LogP contribution in [0.1, 0.15) is 0 Å². The van der Waals surface area contributed by atoms with Crippen LogP contribution in [0.15, 0.2) is 60.9 Å². The third kappa shape index (κ3) is 7.04. The van der Waals surface area contributed by atoms with E-state index in [1.165, 1.54) is 6.33 Å². The van der Waals surface area contributed by atoms with Crippen LogP contribution >= 0.6 is 11.6 Å². The summed E-state index contributed by atoms with van der Waals surface area (Å²) < 4.78 is 11.2. The molecule has 2 heterocycles. The number of morpholine rings is 1. The molecule has 2 amide bonds. The number of ether oxygens (including phenoxy) is 2. The number of rotatable bonds is 8. The SMILES string of the molecule is O=C(Nc1cc(Nc2ccc(OCCN3CCOCC3)cc2)ncn1)Nc1ccccc1Cl. The molecular formula is C23H25ClN6O3. The first-order chi connectivity index (χ1) is 16.2. The topological polar surface area (TPSA) is 101 Å². The number of hydrogen-bond donors (Lipinski definition) is 3. The second-order valence-electron chi connectivity index (χ2n) is 7.30. The van der Waals surface area contributed by atoms with Crippen molar-refractivity contribution < 1.29 is 14.3 Å². The highest BCUT2D eigenvalue weighted by Gasteiger charge is 2.10. The highest BCUT2D eigenvalue weighted by molar-refractivity contribution is 6.33. The highest BCUT2D eigenvalue weighted by atomic mass is 35.5. The Hall–Kier alpha value is -3.40. The summed E-state index contributed by atoms with van der Waals surface area (Å²) in [6.45, 7) is 4.97. The number of urea groups is 1. The van der Waals surface area contributed by atoms with Gasteiger partial charge in [-0.05, 0) is 36.4 Å². The van der Waals surface area contributed by atoms with Crippen LogP contribution < -0.4 is 20.7 Å². The molecule has 2 aromatic carbocycles. The number of amides is 2. The highest BCUT2D eigenvalue weighted by Crippen LogP contribution is 2.22. The Balaban J connectivity index is 1.27. The van der Waals surface area contributed by atoms with Crippen molar-refractivity contribution in [2.24, 2.45) is 0 Å². The molecule has 33 heavy (non-hydrogen) atoms. The van der Waals surface area contributed by atoms with Gasteiger partial charge in [-0.15, -0.1) is 0 Å². The second kappa shape index (κ2) is 11.5. The number of aromatic nitrogens is 2. The minimum absolute atomic E-state index is 0.347. The third-order valence-corrected chi connectivity index (χ3v) is 5.27. The molecule has 10 heteroatoms. The van der Waals surface area contributed by atoms with Gasteiger partial charge in [0, 0.05) is 31.4 Å². The van der Waals surface area contributed by atoms with Crippen LogP contribution in [0.3, 0.4) is 0 Å². The van der Waals surface area contributed by atoms with E-state index in [0.29, 0.717) is 29.0 Å². The zero-order valence-corrected chi connectivity index (χ0v) is 18.7. The Morgan fingerprint density at radius 2 is 1.79 bits per heavy atom. The molecule has 3 aromatic rings. The number of anilines is 4. The predicted octanol–water partition coefficient (Wildman–Crippen LogP) is 4.23. The fourth-order valence-electron chi connectivity index (χ4n) is 3.23. The number of hydrogen-bond acceptors (Lipinski definition) is 7. The maximum atomic E-state index is 12.2. The molecule has 1 aromatic heterocycles. The Kier molecular flexibility index (Phi) is 7.91. The normalized spacial score (nSPS) is 13.8. The van der Waals surface area contributed by atoms with Gasteiger partial charge in [0.1, 0.15) is 30.3 Å². The number of benzene rings is 2. The van der Waals surface area contributed by atoms with E-state index in [0.717, 1.165) is 44.3 Å². The molecule has 0 bridgehead atoms. The average Bonchev–Trinajstić information content (AvgIpc) is 2.83. The minimum atomic E-state index is -0.452. The molecule has 0 unspecified atom stereocenters. The van der Waals surface area contributed by atoms with Crippen molar-refractivity contribution in [2.45, 2.75) is 0 Å². The molecule has 172 valence electrons. The predicted molar refractivity (Wildman–Crippen MR) is 129 cm³/mol. The molecule has 0 atom stereocenters. The lowest BCUT2D eigenvalue weighted by atomic mass is 10.3. The first kappa shape index (κ1) is 22.8. The van der Waals surface area contributed by atoms with Crippen LogP contribution in [0.25, 0.3) is 0 Å². The Morgan fingerprint density at radius 3 is 2.58 bits per heavy atom. The molecule has 1 saturated heterocycles. The standard InChI is InChI=1S/C23H25ClN6O3/c24-19-3-1-2-4-20(19)28-23(31)29-22-15-21(25-16-26-22)27-17-5-7-18(8-6-17)33-14-11-30-9-12-32-13-10-30/h1-8,15-16H,9-14H2,(H3,25,26,27,28,29,31). The Labute approximate surface area is 197 Å². The number of nitrogens with one attached hydrogen (secondary N) is 3. The van der Waals surface area contributed by atoms with Gasteiger partial charge in [0.15, 0.2) is 0 Å². The third-order valence-electron chi connectivity index (χ3n) is 4.94. The maximum Gasteiger partial charge on any atom is 0.324 e. The van der Waals surface area contributed by atoms with Gasteiger partial charge in [0.25, 0.3) is 0 Å². The molecule has 1 aliphatic heterocycles. The van der Waals surface area contributed by atoms with Crippen molar-refractivity contribution in [2.75, 3.05) is 55.4 Å². The molecule has 0 radical (unpaired) electrons. The zero-order valence-electron chi connectivity index (χ0n) is 18.0. The molecular weight excluding hydrogens is 444 g/mol. The largest absolute Gasteiger partial charge is 0.492 e. The van der Waals surface area contributed by atoms with E-state index in [9.17, 15) is 4.79 Å². The van der Waals surface area contributed by atoms with Crippen molar-refractivity contribution in [3.8, 4) is 5.75 Å². The van der Waals surface area contributed by atoms with Crippen LogP contribution in [0.5, 0.6) is 5.75 Å². The first-order valence-corrected chi connectivity index (χ1v) is 11.0. The second-order valence-corrected chi connectivity index (χ2v) is 7.71. The van der Waals surface area contributed by atoms with Crippen LogP contribution in [0.2, 0.25) is 5.02 Å². The average molecular weight is 469 g/mol. The van der Waals surface area contributed by atoms with Gasteiger partial charge in [-0.1, -0.05) is 23.7 Å². The number of carbonyl (C=O) groups is 1. The molecule has 0 aliphatic carbocycles. The van der Waals surface area contributed by atoms with E-state index in [1.807, 2.05) is 24.3 Å². The summed E-state index contributed by atoms with van der Waals surface area (Å²) >= 11 is 6.07. The summed E-state index contributed by atoms with van der Waals surface area (Å²) in [6, 6.07) is 15.8. The van der Waals surface area contributed by atoms with Gasteiger partial charge in [-0.2, -0.15) is 0 Å². The summed E-state index contributed by atoms with van der Waals surface area (Å²) in [4.78, 5) is 22.9. The molecule has 0 saturated carbocycles. The lowest BCUT2D eigenvalue weighted by molar-refractivity contribution is 0.0322. The lowest BCUT2D eigenvalue weighted by Gasteiger charge is -2.26. The maximum absolute atomic E-state index is 12.2. The van der Waals surface area contributed by atoms with Crippen LogP contribution in [0, 0.1) is 0 Å². The van der Waals surface area contributed by atoms with E-state index in [2.05, 4.69) is 30.8 Å². The van der Waals surface area contributed by atoms with Crippen LogP contribution in [0.4, 0.5) is 27.8 Å². The van der Waals surface area contributed by atoms with Crippen molar-refractivity contribution in [3.63, 3.8) is 0 Å². The molecule has 9 nitrogen and oxygen atoms in total. The number of para-hydroxylation sites is 1. The zero-order chi connectivity index (χ0) is 22.9. The monoisotopic (exact) mass is 468 g/mol. The van der Waals surface area contributed by atoms with Gasteiger partial charge in [0.05, 0.1) is 23.9 Å². The fourth-order valence-corrected chi connectivity index (χ4v) is 3.41. The molecule has 3 N–H and O–H groups in total. The Bertz CT molecular complexity index is 1060. The Morgan fingerprint density at radius 1 is 1.03 bits per heavy atom. The van der Waals surface area contributed by atoms with E-state index >= 15 is 0 Å². The molecule has 0 spiro atoms. The van der Waals surface area contributed by atoms with Gasteiger partial charge < -0.3 is 20.1 Å². The molecule has 1 aliphatic rings. The first-order valence-electron chi connectivity index (χ1n) is 10.6. The minimum Gasteiger partial charge on any atom is -0.492 e. The fraction of sp³-hybridized carbons (Fsp3) is 0.261. The summed E-state index contributed by atoms with van der Waals surface area (Å²) in [5, 5.41) is 9.00. The van der Waals surface area contributed by atoms with E-state index in [4.69, 9.17) is 21.1 Å². The number of carbonyl (C=O) groups excluding carboxylic acids is 1. The molecule has 4 rings (SSSR count). The van der Waals surface area contributed by atoms with Gasteiger partial charge in [-0.3, -0.25) is 10.2 Å².